The van der Waals surface area contributed by atoms with Crippen molar-refractivity contribution in [3.05, 3.63) is 132 Å². The van der Waals surface area contributed by atoms with Gasteiger partial charge in [-0.25, -0.2) is 0 Å². The molecule has 4 aromatic carbocycles. The van der Waals surface area contributed by atoms with E-state index in [4.69, 9.17) is 4.74 Å². The van der Waals surface area contributed by atoms with Crippen LogP contribution < -0.4 is 0 Å². The van der Waals surface area contributed by atoms with Crippen LogP contribution in [0.3, 0.4) is 0 Å². The highest BCUT2D eigenvalue weighted by molar-refractivity contribution is 5.69. The van der Waals surface area contributed by atoms with Gasteiger partial charge in [-0.15, -0.1) is 0 Å². The minimum atomic E-state index is -0.159. The van der Waals surface area contributed by atoms with E-state index in [0.717, 1.165) is 25.9 Å². The highest BCUT2D eigenvalue weighted by atomic mass is 16.5. The molecule has 0 fully saturated rings. The first-order valence-electron chi connectivity index (χ1n) is 12.2. The smallest absolute Gasteiger partial charge is 0.305 e. The SMILES string of the molecule is COC(=O)CCC(Cc1ccc(-c2ccccc2)cc1)N(Cc1ccccc1)Cc1ccccc1. The Morgan fingerprint density at radius 2 is 1.14 bits per heavy atom. The summed E-state index contributed by atoms with van der Waals surface area (Å²) in [6.07, 6.45) is 2.02. The van der Waals surface area contributed by atoms with Gasteiger partial charge >= 0.3 is 5.97 Å². The molecule has 35 heavy (non-hydrogen) atoms. The first kappa shape index (κ1) is 24.4. The molecule has 0 aliphatic rings. The van der Waals surface area contributed by atoms with Crippen molar-refractivity contribution >= 4 is 5.97 Å². The molecule has 0 spiro atoms. The number of hydrogen-bond donors (Lipinski definition) is 0. The molecule has 3 heteroatoms. The molecule has 0 saturated carbocycles. The summed E-state index contributed by atoms with van der Waals surface area (Å²) in [5.74, 6) is -0.159. The summed E-state index contributed by atoms with van der Waals surface area (Å²) in [6, 6.07) is 40.6. The monoisotopic (exact) mass is 463 g/mol. The topological polar surface area (TPSA) is 29.5 Å². The lowest BCUT2D eigenvalue weighted by Gasteiger charge is -2.32. The van der Waals surface area contributed by atoms with Gasteiger partial charge in [0.2, 0.25) is 0 Å². The van der Waals surface area contributed by atoms with Gasteiger partial charge in [0, 0.05) is 25.6 Å². The van der Waals surface area contributed by atoms with Gasteiger partial charge in [0.15, 0.2) is 0 Å². The van der Waals surface area contributed by atoms with Crippen LogP contribution in [0.4, 0.5) is 0 Å². The largest absolute Gasteiger partial charge is 0.469 e. The maximum atomic E-state index is 12.1. The van der Waals surface area contributed by atoms with Gasteiger partial charge in [-0.1, -0.05) is 115 Å². The lowest BCUT2D eigenvalue weighted by atomic mass is 9.96. The van der Waals surface area contributed by atoms with Gasteiger partial charge in [0.05, 0.1) is 7.11 Å². The Hall–Kier alpha value is -3.69. The maximum Gasteiger partial charge on any atom is 0.305 e. The quantitative estimate of drug-likeness (QED) is 0.226. The van der Waals surface area contributed by atoms with Crippen LogP contribution in [-0.4, -0.2) is 24.0 Å². The summed E-state index contributed by atoms with van der Waals surface area (Å²) in [6.45, 7) is 1.65. The molecular weight excluding hydrogens is 430 g/mol. The summed E-state index contributed by atoms with van der Waals surface area (Å²) in [5, 5.41) is 0. The average Bonchev–Trinajstić information content (AvgIpc) is 2.92. The zero-order chi connectivity index (χ0) is 24.3. The highest BCUT2D eigenvalue weighted by Gasteiger charge is 2.21. The Bertz CT molecular complexity index is 1120. The number of hydrogen-bond acceptors (Lipinski definition) is 3. The van der Waals surface area contributed by atoms with Crippen molar-refractivity contribution in [3.63, 3.8) is 0 Å². The van der Waals surface area contributed by atoms with Crippen molar-refractivity contribution in [2.24, 2.45) is 0 Å². The van der Waals surface area contributed by atoms with Crippen LogP contribution in [-0.2, 0) is 29.0 Å². The van der Waals surface area contributed by atoms with Crippen molar-refractivity contribution < 1.29 is 9.53 Å². The van der Waals surface area contributed by atoms with Crippen LogP contribution in [0, 0.1) is 0 Å². The molecule has 1 atom stereocenters. The van der Waals surface area contributed by atoms with Crippen molar-refractivity contribution in [2.45, 2.75) is 38.4 Å². The number of benzene rings is 4. The van der Waals surface area contributed by atoms with E-state index in [1.54, 1.807) is 0 Å². The third kappa shape index (κ3) is 7.40. The first-order valence-corrected chi connectivity index (χ1v) is 12.2. The molecule has 0 heterocycles. The molecule has 0 aliphatic heterocycles. The van der Waals surface area contributed by atoms with Crippen LogP contribution in [0.2, 0.25) is 0 Å². The van der Waals surface area contributed by atoms with Gasteiger partial charge in [0.1, 0.15) is 0 Å². The van der Waals surface area contributed by atoms with E-state index in [9.17, 15) is 4.79 Å². The number of esters is 1. The molecule has 1 unspecified atom stereocenters. The maximum absolute atomic E-state index is 12.1. The first-order chi connectivity index (χ1) is 17.2. The van der Waals surface area contributed by atoms with Crippen molar-refractivity contribution in [2.75, 3.05) is 7.11 Å². The third-order valence-corrected chi connectivity index (χ3v) is 6.42. The Morgan fingerprint density at radius 1 is 0.657 bits per heavy atom. The van der Waals surface area contributed by atoms with Crippen LogP contribution in [0.15, 0.2) is 115 Å². The van der Waals surface area contributed by atoms with E-state index in [-0.39, 0.29) is 12.0 Å². The van der Waals surface area contributed by atoms with Crippen molar-refractivity contribution in [1.82, 2.24) is 4.90 Å². The van der Waals surface area contributed by atoms with Gasteiger partial charge in [-0.05, 0) is 40.7 Å². The van der Waals surface area contributed by atoms with Gasteiger partial charge < -0.3 is 4.74 Å². The molecular formula is C32H33NO2. The van der Waals surface area contributed by atoms with Crippen LogP contribution in [0.1, 0.15) is 29.5 Å². The van der Waals surface area contributed by atoms with Crippen LogP contribution in [0.25, 0.3) is 11.1 Å². The minimum Gasteiger partial charge on any atom is -0.469 e. The molecule has 3 nitrogen and oxygen atoms in total. The second-order valence-electron chi connectivity index (χ2n) is 8.91. The number of methoxy groups -OCH3 is 1. The van der Waals surface area contributed by atoms with E-state index < -0.39 is 0 Å². The fourth-order valence-electron chi connectivity index (χ4n) is 4.49. The molecule has 4 rings (SSSR count). The second kappa shape index (κ2) is 12.7. The van der Waals surface area contributed by atoms with Gasteiger partial charge in [0.25, 0.3) is 0 Å². The summed E-state index contributed by atoms with van der Waals surface area (Å²) in [5.41, 5.74) is 6.24. The standard InChI is InChI=1S/C32H33NO2/c1-35-32(34)22-21-31(23-26-17-19-30(20-18-26)29-15-9-4-10-16-29)33(24-27-11-5-2-6-12-27)25-28-13-7-3-8-14-28/h2-20,31H,21-25H2,1H3. The van der Waals surface area contributed by atoms with E-state index in [1.807, 2.05) is 18.2 Å². The van der Waals surface area contributed by atoms with Crippen molar-refractivity contribution in [3.8, 4) is 11.1 Å². The van der Waals surface area contributed by atoms with Crippen LogP contribution >= 0.6 is 0 Å². The predicted octanol–water partition coefficient (Wildman–Crippen LogP) is 6.92. The number of carbonyl (C=O) groups is 1. The fourth-order valence-corrected chi connectivity index (χ4v) is 4.49. The molecule has 178 valence electrons. The molecule has 0 saturated heterocycles. The summed E-state index contributed by atoms with van der Waals surface area (Å²) in [4.78, 5) is 14.6. The zero-order valence-electron chi connectivity index (χ0n) is 20.3. The minimum absolute atomic E-state index is 0.159. The summed E-state index contributed by atoms with van der Waals surface area (Å²) in [7, 11) is 1.46. The molecule has 0 bridgehead atoms. The molecule has 4 aromatic rings. The second-order valence-corrected chi connectivity index (χ2v) is 8.91. The summed E-state index contributed by atoms with van der Waals surface area (Å²) < 4.78 is 4.97. The lowest BCUT2D eigenvalue weighted by Crippen LogP contribution is -2.36. The Kier molecular flexibility index (Phi) is 8.85. The van der Waals surface area contributed by atoms with E-state index in [0.29, 0.717) is 6.42 Å². The molecule has 0 amide bonds. The highest BCUT2D eigenvalue weighted by Crippen LogP contribution is 2.23. The van der Waals surface area contributed by atoms with E-state index >= 15 is 0 Å². The van der Waals surface area contributed by atoms with E-state index in [1.165, 1.54) is 34.9 Å². The summed E-state index contributed by atoms with van der Waals surface area (Å²) >= 11 is 0. The Labute approximate surface area is 209 Å². The number of ether oxygens (including phenoxy) is 1. The van der Waals surface area contributed by atoms with Gasteiger partial charge in [-0.2, -0.15) is 0 Å². The predicted molar refractivity (Wildman–Crippen MR) is 143 cm³/mol. The average molecular weight is 464 g/mol. The zero-order valence-corrected chi connectivity index (χ0v) is 20.3. The third-order valence-electron chi connectivity index (χ3n) is 6.42. The molecule has 0 aromatic heterocycles. The Balaban J connectivity index is 1.58. The number of rotatable bonds is 11. The normalized spacial score (nSPS) is 11.8. The molecule has 0 radical (unpaired) electrons. The van der Waals surface area contributed by atoms with E-state index in [2.05, 4.69) is 102 Å². The fraction of sp³-hybridized carbons (Fsp3) is 0.219. The molecule has 0 N–H and O–H groups in total. The number of carbonyl (C=O) groups excluding carboxylic acids is 1. The Morgan fingerprint density at radius 3 is 1.66 bits per heavy atom. The number of nitrogens with zero attached hydrogens (tertiary/aromatic N) is 1. The van der Waals surface area contributed by atoms with Crippen LogP contribution in [0.5, 0.6) is 0 Å². The van der Waals surface area contributed by atoms with Crippen molar-refractivity contribution in [1.29, 1.82) is 0 Å². The molecule has 0 aliphatic carbocycles. The van der Waals surface area contributed by atoms with Gasteiger partial charge in [-0.3, -0.25) is 9.69 Å². The lowest BCUT2D eigenvalue weighted by molar-refractivity contribution is -0.141.